The van der Waals surface area contributed by atoms with Crippen LogP contribution in [0.3, 0.4) is 0 Å². The average Bonchev–Trinajstić information content (AvgIpc) is 3.36. The van der Waals surface area contributed by atoms with E-state index in [9.17, 15) is 45.1 Å². The van der Waals surface area contributed by atoms with Crippen molar-refractivity contribution in [1.82, 2.24) is 25.0 Å². The minimum atomic E-state index is -4.73. The normalized spacial score (nSPS) is 13.9. The van der Waals surface area contributed by atoms with Gasteiger partial charge in [-0.25, -0.2) is 17.6 Å². The number of halogens is 7. The first-order valence-corrected chi connectivity index (χ1v) is 12.8. The van der Waals surface area contributed by atoms with Crippen LogP contribution in [0, 0.1) is 23.3 Å². The van der Waals surface area contributed by atoms with Crippen LogP contribution in [-0.2, 0) is 35.3 Å². The number of fused-ring (bicyclic) bond motifs is 1. The lowest BCUT2D eigenvalue weighted by molar-refractivity contribution is -0.148. The fourth-order valence-corrected chi connectivity index (χ4v) is 4.57. The van der Waals surface area contributed by atoms with Crippen LogP contribution in [0.25, 0.3) is 0 Å². The largest absolute Gasteiger partial charge is 0.451 e. The molecule has 1 aliphatic rings. The number of benzene rings is 2. The Morgan fingerprint density at radius 3 is 2.29 bits per heavy atom. The molecular formula is C27H24F7N5O3. The summed E-state index contributed by atoms with van der Waals surface area (Å²) >= 11 is 0. The summed E-state index contributed by atoms with van der Waals surface area (Å²) in [6.45, 7) is -0.661. The van der Waals surface area contributed by atoms with Crippen molar-refractivity contribution in [1.29, 1.82) is 0 Å². The molecular weight excluding hydrogens is 575 g/mol. The third-order valence-electron chi connectivity index (χ3n) is 6.68. The molecule has 1 aromatic heterocycles. The zero-order valence-electron chi connectivity index (χ0n) is 21.9. The summed E-state index contributed by atoms with van der Waals surface area (Å²) < 4.78 is 94.9. The van der Waals surface area contributed by atoms with Crippen LogP contribution in [0.1, 0.15) is 53.3 Å². The SMILES string of the molecule is O=C(CCCC(=O)c1ccc(F)cc1)N[C@@H](CC(=O)N1CCn2c(nnc2C(F)(F)F)C1)Cc1cc(F)c(F)cc1F. The third kappa shape index (κ3) is 7.50. The van der Waals surface area contributed by atoms with Gasteiger partial charge in [0.25, 0.3) is 0 Å². The Morgan fingerprint density at radius 2 is 1.60 bits per heavy atom. The number of carbonyl (C=O) groups is 3. The van der Waals surface area contributed by atoms with Crippen LogP contribution in [0.4, 0.5) is 30.7 Å². The standard InChI is InChI=1S/C27H24F7N5O3/c28-17-6-4-15(5-7-17)22(40)2-1-3-24(41)35-18(10-16-11-20(30)21(31)13-19(16)29)12-25(42)38-8-9-39-23(14-38)36-37-26(39)27(32,33)34/h4-7,11,13,18H,1-3,8-10,12,14H2,(H,35,41)/t18-/m1/s1. The van der Waals surface area contributed by atoms with Crippen molar-refractivity contribution in [2.45, 2.75) is 57.4 Å². The summed E-state index contributed by atoms with van der Waals surface area (Å²) in [5.74, 6) is -7.22. The van der Waals surface area contributed by atoms with Crippen LogP contribution in [0.2, 0.25) is 0 Å². The van der Waals surface area contributed by atoms with E-state index in [1.165, 1.54) is 17.0 Å². The van der Waals surface area contributed by atoms with Gasteiger partial charge in [-0.1, -0.05) is 0 Å². The van der Waals surface area contributed by atoms with Crippen molar-refractivity contribution < 1.29 is 45.1 Å². The predicted octanol–water partition coefficient (Wildman–Crippen LogP) is 4.37. The number of aromatic nitrogens is 3. The van der Waals surface area contributed by atoms with Gasteiger partial charge >= 0.3 is 6.18 Å². The van der Waals surface area contributed by atoms with Gasteiger partial charge < -0.3 is 14.8 Å². The van der Waals surface area contributed by atoms with Crippen molar-refractivity contribution in [2.75, 3.05) is 6.54 Å². The minimum Gasteiger partial charge on any atom is -0.353 e. The highest BCUT2D eigenvalue weighted by molar-refractivity contribution is 5.96. The minimum absolute atomic E-state index is 0.0468. The molecule has 2 aromatic carbocycles. The second-order valence-electron chi connectivity index (χ2n) is 9.72. The number of rotatable bonds is 10. The molecule has 0 saturated carbocycles. The summed E-state index contributed by atoms with van der Waals surface area (Å²) in [5, 5.41) is 9.21. The molecule has 0 bridgehead atoms. The third-order valence-corrected chi connectivity index (χ3v) is 6.68. The van der Waals surface area contributed by atoms with Gasteiger partial charge in [0.1, 0.15) is 11.6 Å². The first-order chi connectivity index (χ1) is 19.8. The second-order valence-corrected chi connectivity index (χ2v) is 9.72. The fraction of sp³-hybridized carbons (Fsp3) is 0.370. The molecule has 0 saturated heterocycles. The van der Waals surface area contributed by atoms with E-state index in [4.69, 9.17) is 0 Å². The molecule has 0 unspecified atom stereocenters. The van der Waals surface area contributed by atoms with Crippen LogP contribution < -0.4 is 5.32 Å². The molecule has 0 spiro atoms. The highest BCUT2D eigenvalue weighted by Gasteiger charge is 2.40. The molecule has 2 amide bonds. The lowest BCUT2D eigenvalue weighted by Gasteiger charge is -2.29. The summed E-state index contributed by atoms with van der Waals surface area (Å²) in [5.41, 5.74) is -0.0551. The van der Waals surface area contributed by atoms with Gasteiger partial charge in [0.2, 0.25) is 17.6 Å². The number of alkyl halides is 3. The van der Waals surface area contributed by atoms with Crippen LogP contribution in [-0.4, -0.2) is 49.8 Å². The number of nitrogens with one attached hydrogen (secondary N) is 1. The lowest BCUT2D eigenvalue weighted by Crippen LogP contribution is -2.44. The van der Waals surface area contributed by atoms with Gasteiger partial charge in [0, 0.05) is 50.0 Å². The maximum atomic E-state index is 14.4. The van der Waals surface area contributed by atoms with Crippen LogP contribution >= 0.6 is 0 Å². The molecule has 0 radical (unpaired) electrons. The van der Waals surface area contributed by atoms with Crippen LogP contribution in [0.5, 0.6) is 0 Å². The van der Waals surface area contributed by atoms with E-state index in [2.05, 4.69) is 15.5 Å². The molecule has 42 heavy (non-hydrogen) atoms. The Hall–Kier alpha value is -4.30. The number of ketones is 1. The molecule has 1 aliphatic heterocycles. The van der Waals surface area contributed by atoms with Gasteiger partial charge in [0.15, 0.2) is 23.2 Å². The average molecular weight is 600 g/mol. The number of hydrogen-bond donors (Lipinski definition) is 1. The van der Waals surface area contributed by atoms with Gasteiger partial charge in [-0.3, -0.25) is 14.4 Å². The molecule has 3 aromatic rings. The zero-order valence-corrected chi connectivity index (χ0v) is 21.9. The van der Waals surface area contributed by atoms with Gasteiger partial charge in [-0.2, -0.15) is 13.2 Å². The summed E-state index contributed by atoms with van der Waals surface area (Å²) in [6.07, 6.45) is -5.72. The van der Waals surface area contributed by atoms with Crippen molar-refractivity contribution in [3.63, 3.8) is 0 Å². The number of Topliss-reactive ketones (excluding diaryl/α,β-unsaturated/α-hetero) is 1. The summed E-state index contributed by atoms with van der Waals surface area (Å²) in [7, 11) is 0. The Labute approximate surface area is 234 Å². The van der Waals surface area contributed by atoms with Gasteiger partial charge in [-0.15, -0.1) is 10.2 Å². The van der Waals surface area contributed by atoms with E-state index in [0.29, 0.717) is 12.1 Å². The Balaban J connectivity index is 1.41. The Bertz CT molecular complexity index is 1470. The first-order valence-electron chi connectivity index (χ1n) is 12.8. The van der Waals surface area contributed by atoms with Crippen LogP contribution in [0.15, 0.2) is 36.4 Å². The molecule has 4 rings (SSSR count). The quantitative estimate of drug-likeness (QED) is 0.212. The highest BCUT2D eigenvalue weighted by Crippen LogP contribution is 2.29. The van der Waals surface area contributed by atoms with Crippen molar-refractivity contribution >= 4 is 17.6 Å². The predicted molar refractivity (Wildman–Crippen MR) is 132 cm³/mol. The number of hydrogen-bond acceptors (Lipinski definition) is 5. The molecule has 1 N–H and O–H groups in total. The number of amides is 2. The molecule has 1 atom stereocenters. The molecule has 224 valence electrons. The Kier molecular flexibility index (Phi) is 9.27. The molecule has 0 aliphatic carbocycles. The summed E-state index contributed by atoms with van der Waals surface area (Å²) in [4.78, 5) is 39.2. The van der Waals surface area contributed by atoms with E-state index in [1.54, 1.807) is 0 Å². The first kappa shape index (κ1) is 30.7. The number of carbonyl (C=O) groups excluding carboxylic acids is 3. The molecule has 0 fully saturated rings. The van der Waals surface area contributed by atoms with Crippen molar-refractivity contribution in [3.05, 3.63) is 82.4 Å². The maximum absolute atomic E-state index is 14.4. The monoisotopic (exact) mass is 599 g/mol. The lowest BCUT2D eigenvalue weighted by atomic mass is 10.0. The van der Waals surface area contributed by atoms with Gasteiger partial charge in [-0.05, 0) is 48.7 Å². The van der Waals surface area contributed by atoms with Gasteiger partial charge in [0.05, 0.1) is 6.54 Å². The molecule has 2 heterocycles. The Morgan fingerprint density at radius 1 is 0.905 bits per heavy atom. The molecule has 8 nitrogen and oxygen atoms in total. The fourth-order valence-electron chi connectivity index (χ4n) is 4.57. The van der Waals surface area contributed by atoms with E-state index in [1.807, 2.05) is 0 Å². The maximum Gasteiger partial charge on any atom is 0.451 e. The highest BCUT2D eigenvalue weighted by atomic mass is 19.4. The molecule has 15 heteroatoms. The second kappa shape index (κ2) is 12.7. The summed E-state index contributed by atoms with van der Waals surface area (Å²) in [6, 6.07) is 4.70. The topological polar surface area (TPSA) is 97.2 Å². The smallest absolute Gasteiger partial charge is 0.353 e. The van der Waals surface area contributed by atoms with E-state index in [-0.39, 0.29) is 61.6 Å². The van der Waals surface area contributed by atoms with Crippen molar-refractivity contribution in [3.8, 4) is 0 Å². The van der Waals surface area contributed by atoms with E-state index >= 15 is 0 Å². The number of nitrogens with zero attached hydrogens (tertiary/aromatic N) is 4. The zero-order chi connectivity index (χ0) is 30.6. The van der Waals surface area contributed by atoms with E-state index < -0.39 is 66.0 Å². The van der Waals surface area contributed by atoms with E-state index in [0.717, 1.165) is 16.7 Å². The van der Waals surface area contributed by atoms with Crippen molar-refractivity contribution in [2.24, 2.45) is 0 Å².